The average molecular weight is 312 g/mol. The topological polar surface area (TPSA) is 52.6 Å². The van der Waals surface area contributed by atoms with Crippen LogP contribution in [0, 0.1) is 24.2 Å². The molecule has 1 aromatic rings. The number of benzene rings is 1. The molecule has 2 heterocycles. The molecule has 3 aliphatic carbocycles. The summed E-state index contributed by atoms with van der Waals surface area (Å²) < 4.78 is 11.2. The highest BCUT2D eigenvalue weighted by atomic mass is 16.5. The van der Waals surface area contributed by atoms with Crippen LogP contribution in [0.4, 0.5) is 0 Å². The molecule has 0 radical (unpaired) electrons. The smallest absolute Gasteiger partial charge is 0.313 e. The van der Waals surface area contributed by atoms with Gasteiger partial charge in [0.1, 0.15) is 11.9 Å². The minimum Gasteiger partial charge on any atom is -0.496 e. The van der Waals surface area contributed by atoms with Crippen molar-refractivity contribution < 1.29 is 19.1 Å². The highest BCUT2D eigenvalue weighted by Crippen LogP contribution is 2.67. The van der Waals surface area contributed by atoms with E-state index in [1.807, 2.05) is 6.92 Å². The van der Waals surface area contributed by atoms with Crippen LogP contribution in [0.25, 0.3) is 0 Å². The fraction of sp³-hybridized carbons (Fsp3) is 0.579. The van der Waals surface area contributed by atoms with E-state index in [1.54, 1.807) is 7.11 Å². The molecule has 4 heteroatoms. The molecule has 1 spiro atoms. The zero-order valence-corrected chi connectivity index (χ0v) is 13.6. The van der Waals surface area contributed by atoms with Gasteiger partial charge in [-0.1, -0.05) is 6.92 Å². The molecule has 0 N–H and O–H groups in total. The first-order valence-electron chi connectivity index (χ1n) is 8.46. The summed E-state index contributed by atoms with van der Waals surface area (Å²) in [5, 5.41) is 0. The first-order chi connectivity index (χ1) is 11.0. The van der Waals surface area contributed by atoms with Crippen LogP contribution in [-0.2, 0) is 16.0 Å². The van der Waals surface area contributed by atoms with Gasteiger partial charge in [-0.2, -0.15) is 0 Å². The van der Waals surface area contributed by atoms with Crippen molar-refractivity contribution in [2.24, 2.45) is 17.3 Å². The number of ether oxygens (including phenoxy) is 2. The van der Waals surface area contributed by atoms with Crippen LogP contribution in [0.1, 0.15) is 52.7 Å². The highest BCUT2D eigenvalue weighted by Gasteiger charge is 2.69. The lowest BCUT2D eigenvalue weighted by Crippen LogP contribution is -2.61. The van der Waals surface area contributed by atoms with Crippen molar-refractivity contribution >= 4 is 11.8 Å². The number of carbonyl (C=O) groups is 2. The van der Waals surface area contributed by atoms with Crippen molar-refractivity contribution in [3.8, 4) is 5.75 Å². The minimum absolute atomic E-state index is 0.0216. The fourth-order valence-corrected chi connectivity index (χ4v) is 5.93. The second-order valence-corrected chi connectivity index (χ2v) is 7.64. The number of fused-ring (bicyclic) bond motifs is 2. The van der Waals surface area contributed by atoms with E-state index in [4.69, 9.17) is 9.47 Å². The Balaban J connectivity index is 1.85. The van der Waals surface area contributed by atoms with Gasteiger partial charge in [-0.15, -0.1) is 0 Å². The van der Waals surface area contributed by atoms with Crippen molar-refractivity contribution in [2.75, 3.05) is 7.11 Å². The number of hydrogen-bond acceptors (Lipinski definition) is 4. The van der Waals surface area contributed by atoms with E-state index in [0.29, 0.717) is 0 Å². The minimum atomic E-state index is -0.492. The van der Waals surface area contributed by atoms with Gasteiger partial charge < -0.3 is 9.47 Å². The lowest BCUT2D eigenvalue weighted by Gasteiger charge is -2.57. The van der Waals surface area contributed by atoms with Crippen molar-refractivity contribution in [1.82, 2.24) is 0 Å². The van der Waals surface area contributed by atoms with Crippen LogP contribution in [0.3, 0.4) is 0 Å². The molecule has 1 saturated carbocycles. The molecular weight excluding hydrogens is 292 g/mol. The third-order valence-corrected chi connectivity index (χ3v) is 6.97. The third kappa shape index (κ3) is 1.28. The van der Waals surface area contributed by atoms with E-state index >= 15 is 0 Å². The zero-order valence-electron chi connectivity index (χ0n) is 13.6. The SMILES string of the molecule is COc1cc2c3c(c1C)C(=O)[C@H]1[C@@H]3[C@@]3(CC2)C(=O)O[C@@H]1C[C@@H]3C. The van der Waals surface area contributed by atoms with Gasteiger partial charge in [0.05, 0.1) is 18.4 Å². The van der Waals surface area contributed by atoms with E-state index < -0.39 is 5.41 Å². The number of hydrogen-bond donors (Lipinski definition) is 0. The molecule has 120 valence electrons. The summed E-state index contributed by atoms with van der Waals surface area (Å²) in [6.07, 6.45) is 2.17. The molecule has 0 aromatic heterocycles. The summed E-state index contributed by atoms with van der Waals surface area (Å²) >= 11 is 0. The van der Waals surface area contributed by atoms with E-state index in [-0.39, 0.29) is 35.6 Å². The van der Waals surface area contributed by atoms with Gasteiger partial charge in [0.25, 0.3) is 0 Å². The fourth-order valence-electron chi connectivity index (χ4n) is 5.93. The summed E-state index contributed by atoms with van der Waals surface area (Å²) in [7, 11) is 1.65. The van der Waals surface area contributed by atoms with Crippen molar-refractivity contribution in [3.63, 3.8) is 0 Å². The number of ketones is 1. The predicted molar refractivity (Wildman–Crippen MR) is 82.7 cm³/mol. The Kier molecular flexibility index (Phi) is 2.35. The molecule has 2 saturated heterocycles. The van der Waals surface area contributed by atoms with E-state index in [1.165, 1.54) is 5.56 Å². The Morgan fingerprint density at radius 3 is 2.83 bits per heavy atom. The van der Waals surface area contributed by atoms with Crippen LogP contribution in [0.2, 0.25) is 0 Å². The Bertz CT molecular complexity index is 780. The number of aryl methyl sites for hydroxylation is 1. The van der Waals surface area contributed by atoms with Crippen LogP contribution in [-0.4, -0.2) is 25.0 Å². The molecule has 0 amide bonds. The van der Waals surface area contributed by atoms with Gasteiger partial charge in [-0.3, -0.25) is 9.59 Å². The molecule has 2 aliphatic heterocycles. The van der Waals surface area contributed by atoms with E-state index in [0.717, 1.165) is 41.7 Å². The summed E-state index contributed by atoms with van der Waals surface area (Å²) in [5.41, 5.74) is 3.58. The molecule has 3 fully saturated rings. The second-order valence-electron chi connectivity index (χ2n) is 7.64. The number of methoxy groups -OCH3 is 1. The molecule has 0 unspecified atom stereocenters. The van der Waals surface area contributed by atoms with Crippen LogP contribution in [0.15, 0.2) is 6.07 Å². The molecule has 5 atom stereocenters. The van der Waals surface area contributed by atoms with Gasteiger partial charge in [-0.05, 0) is 49.3 Å². The summed E-state index contributed by atoms with van der Waals surface area (Å²) in [6, 6.07) is 2.08. The normalized spacial score (nSPS) is 39.3. The summed E-state index contributed by atoms with van der Waals surface area (Å²) in [4.78, 5) is 26.0. The molecule has 2 bridgehead atoms. The monoisotopic (exact) mass is 312 g/mol. The maximum atomic E-state index is 13.2. The Hall–Kier alpha value is -1.84. The van der Waals surface area contributed by atoms with Crippen molar-refractivity contribution in [2.45, 2.75) is 45.1 Å². The van der Waals surface area contributed by atoms with Gasteiger partial charge >= 0.3 is 5.97 Å². The first kappa shape index (κ1) is 13.6. The van der Waals surface area contributed by atoms with Crippen LogP contribution in [0.5, 0.6) is 5.75 Å². The van der Waals surface area contributed by atoms with E-state index in [9.17, 15) is 9.59 Å². The largest absolute Gasteiger partial charge is 0.496 e. The quantitative estimate of drug-likeness (QED) is 0.748. The molecule has 5 aliphatic rings. The molecule has 23 heavy (non-hydrogen) atoms. The molecule has 6 rings (SSSR count). The van der Waals surface area contributed by atoms with Gasteiger partial charge in [-0.25, -0.2) is 0 Å². The predicted octanol–water partition coefficient (Wildman–Crippen LogP) is 2.80. The summed E-state index contributed by atoms with van der Waals surface area (Å²) in [6.45, 7) is 4.12. The number of rotatable bonds is 1. The number of Topliss-reactive ketones (excluding diaryl/α,β-unsaturated/α-hetero) is 1. The number of carbonyl (C=O) groups excluding carboxylic acids is 2. The maximum Gasteiger partial charge on any atom is 0.313 e. The highest BCUT2D eigenvalue weighted by molar-refractivity contribution is 6.08. The van der Waals surface area contributed by atoms with Crippen molar-refractivity contribution in [1.29, 1.82) is 0 Å². The van der Waals surface area contributed by atoms with Gasteiger partial charge in [0, 0.05) is 17.0 Å². The third-order valence-electron chi connectivity index (χ3n) is 6.97. The van der Waals surface area contributed by atoms with Crippen molar-refractivity contribution in [3.05, 3.63) is 28.3 Å². The van der Waals surface area contributed by atoms with Crippen LogP contribution < -0.4 is 4.74 Å². The van der Waals surface area contributed by atoms with Gasteiger partial charge in [0.2, 0.25) is 0 Å². The lowest BCUT2D eigenvalue weighted by atomic mass is 9.50. The standard InChI is InChI=1S/C19H20O4/c1-8-6-12-15-16-14-10(4-5-19(8,16)18(21)23-12)7-11(22-3)9(2)13(14)17(15)20/h7-8,12,15-16H,4-6H2,1-3H3/t8-,12+,15+,16+,19-/m0/s1. The molecular formula is C19H20O4. The molecule has 4 nitrogen and oxygen atoms in total. The maximum absolute atomic E-state index is 13.2. The first-order valence-corrected chi connectivity index (χ1v) is 8.46. The molecule has 1 aromatic carbocycles. The average Bonchev–Trinajstić information content (AvgIpc) is 2.84. The van der Waals surface area contributed by atoms with Gasteiger partial charge in [0.15, 0.2) is 5.78 Å². The zero-order chi connectivity index (χ0) is 16.1. The Morgan fingerprint density at radius 1 is 1.35 bits per heavy atom. The van der Waals surface area contributed by atoms with E-state index in [2.05, 4.69) is 13.0 Å². The Labute approximate surface area is 135 Å². The second kappa shape index (κ2) is 3.97. The number of esters is 1. The Morgan fingerprint density at radius 2 is 2.13 bits per heavy atom. The van der Waals surface area contributed by atoms with Crippen LogP contribution >= 0.6 is 0 Å². The summed E-state index contributed by atoms with van der Waals surface area (Å²) in [5.74, 6) is 1.01. The lowest BCUT2D eigenvalue weighted by molar-refractivity contribution is -0.203.